The van der Waals surface area contributed by atoms with Crippen molar-refractivity contribution in [1.29, 1.82) is 0 Å². The van der Waals surface area contributed by atoms with Gasteiger partial charge in [-0.2, -0.15) is 0 Å². The molecule has 0 bridgehead atoms. The molecule has 0 saturated heterocycles. The van der Waals surface area contributed by atoms with Gasteiger partial charge < -0.3 is 4.74 Å². The van der Waals surface area contributed by atoms with Gasteiger partial charge in [0.2, 0.25) is 0 Å². The average Bonchev–Trinajstić information content (AvgIpc) is 2.29. The van der Waals surface area contributed by atoms with E-state index in [2.05, 4.69) is 24.3 Å². The van der Waals surface area contributed by atoms with Gasteiger partial charge in [0, 0.05) is 0 Å². The van der Waals surface area contributed by atoms with E-state index in [1.807, 2.05) is 0 Å². The Bertz CT molecular complexity index is 332. The van der Waals surface area contributed by atoms with E-state index in [9.17, 15) is 0 Å². The van der Waals surface area contributed by atoms with Crippen LogP contribution in [0.25, 0.3) is 0 Å². The molecule has 1 fully saturated rings. The largest absolute Gasteiger partial charge is 0.493 e. The van der Waals surface area contributed by atoms with Crippen molar-refractivity contribution in [2.24, 2.45) is 5.92 Å². The lowest BCUT2D eigenvalue weighted by Gasteiger charge is -2.36. The molecule has 74 valence electrons. The summed E-state index contributed by atoms with van der Waals surface area (Å²) in [5.74, 6) is 2.71. The van der Waals surface area contributed by atoms with Gasteiger partial charge in [-0.05, 0) is 36.3 Å². The van der Waals surface area contributed by atoms with E-state index >= 15 is 0 Å². The van der Waals surface area contributed by atoms with Crippen LogP contribution in [0.15, 0.2) is 24.3 Å². The highest BCUT2D eigenvalue weighted by Crippen LogP contribution is 2.44. The quantitative estimate of drug-likeness (QED) is 0.606. The number of fused-ring (bicyclic) bond motifs is 3. The van der Waals surface area contributed by atoms with Crippen LogP contribution in [-0.2, 0) is 0 Å². The van der Waals surface area contributed by atoms with E-state index in [-0.39, 0.29) is 0 Å². The van der Waals surface area contributed by atoms with Gasteiger partial charge in [0.05, 0.1) is 6.61 Å². The first-order chi connectivity index (χ1) is 6.95. The molecular formula is C13H16O. The minimum absolute atomic E-state index is 0.786. The minimum atomic E-state index is 0.786. The number of benzene rings is 1. The van der Waals surface area contributed by atoms with Crippen LogP contribution in [0, 0.1) is 5.92 Å². The number of para-hydroxylation sites is 1. The molecule has 1 aliphatic carbocycles. The predicted octanol–water partition coefficient (Wildman–Crippen LogP) is 3.35. The number of rotatable bonds is 0. The van der Waals surface area contributed by atoms with Crippen LogP contribution in [0.5, 0.6) is 5.75 Å². The second kappa shape index (κ2) is 3.30. The molecular weight excluding hydrogens is 172 g/mol. The van der Waals surface area contributed by atoms with Gasteiger partial charge >= 0.3 is 0 Å². The summed E-state index contributed by atoms with van der Waals surface area (Å²) in [6, 6.07) is 8.57. The highest BCUT2D eigenvalue weighted by molar-refractivity contribution is 5.38. The van der Waals surface area contributed by atoms with Crippen molar-refractivity contribution in [2.45, 2.75) is 31.6 Å². The Morgan fingerprint density at radius 3 is 2.93 bits per heavy atom. The van der Waals surface area contributed by atoms with Crippen molar-refractivity contribution < 1.29 is 4.74 Å². The van der Waals surface area contributed by atoms with Crippen LogP contribution < -0.4 is 4.74 Å². The standard InChI is InChI=1S/C13H16O/c1-2-6-11-10(5-1)9-14-13-8-4-3-7-12(11)13/h3-4,7-8,10-11H,1-2,5-6,9H2. The summed E-state index contributed by atoms with van der Waals surface area (Å²) in [7, 11) is 0. The monoisotopic (exact) mass is 188 g/mol. The van der Waals surface area contributed by atoms with E-state index in [1.165, 1.54) is 31.2 Å². The van der Waals surface area contributed by atoms with Crippen LogP contribution in [0.4, 0.5) is 0 Å². The molecule has 0 amide bonds. The molecule has 1 nitrogen and oxygen atoms in total. The fraction of sp³-hybridized carbons (Fsp3) is 0.538. The zero-order valence-electron chi connectivity index (χ0n) is 8.41. The molecule has 1 heteroatoms. The summed E-state index contributed by atoms with van der Waals surface area (Å²) in [6.45, 7) is 0.946. The van der Waals surface area contributed by atoms with Crippen LogP contribution >= 0.6 is 0 Å². The molecule has 2 aliphatic rings. The van der Waals surface area contributed by atoms with Crippen molar-refractivity contribution in [3.8, 4) is 5.75 Å². The summed E-state index contributed by atoms with van der Waals surface area (Å²) < 4.78 is 5.79. The maximum absolute atomic E-state index is 5.79. The van der Waals surface area contributed by atoms with Crippen molar-refractivity contribution in [3.63, 3.8) is 0 Å². The Labute approximate surface area is 85.1 Å². The van der Waals surface area contributed by atoms with Crippen molar-refractivity contribution in [2.75, 3.05) is 6.61 Å². The summed E-state index contributed by atoms with van der Waals surface area (Å²) in [5, 5.41) is 0. The Morgan fingerprint density at radius 2 is 1.93 bits per heavy atom. The summed E-state index contributed by atoms with van der Waals surface area (Å²) >= 11 is 0. The second-order valence-electron chi connectivity index (χ2n) is 4.50. The molecule has 14 heavy (non-hydrogen) atoms. The van der Waals surface area contributed by atoms with Gasteiger partial charge in [0.25, 0.3) is 0 Å². The highest BCUT2D eigenvalue weighted by atomic mass is 16.5. The lowest BCUT2D eigenvalue weighted by Crippen LogP contribution is -2.28. The van der Waals surface area contributed by atoms with Crippen molar-refractivity contribution >= 4 is 0 Å². The lowest BCUT2D eigenvalue weighted by molar-refractivity contribution is 0.157. The first-order valence-electron chi connectivity index (χ1n) is 5.67. The van der Waals surface area contributed by atoms with Crippen molar-refractivity contribution in [3.05, 3.63) is 29.8 Å². The second-order valence-corrected chi connectivity index (χ2v) is 4.50. The fourth-order valence-corrected chi connectivity index (χ4v) is 2.93. The zero-order valence-corrected chi connectivity index (χ0v) is 8.41. The van der Waals surface area contributed by atoms with E-state index in [1.54, 1.807) is 0 Å². The SMILES string of the molecule is c1ccc2c(c1)OCC1CCCCC21. The van der Waals surface area contributed by atoms with Gasteiger partial charge in [-0.15, -0.1) is 0 Å². The van der Waals surface area contributed by atoms with E-state index in [0.717, 1.165) is 24.2 Å². The summed E-state index contributed by atoms with van der Waals surface area (Å²) in [5.41, 5.74) is 1.46. The van der Waals surface area contributed by atoms with Gasteiger partial charge in [0.15, 0.2) is 0 Å². The minimum Gasteiger partial charge on any atom is -0.493 e. The van der Waals surface area contributed by atoms with E-state index < -0.39 is 0 Å². The molecule has 1 saturated carbocycles. The topological polar surface area (TPSA) is 9.23 Å². The summed E-state index contributed by atoms with van der Waals surface area (Å²) in [6.07, 6.45) is 5.52. The molecule has 0 radical (unpaired) electrons. The number of hydrogen-bond donors (Lipinski definition) is 0. The van der Waals surface area contributed by atoms with Crippen LogP contribution in [-0.4, -0.2) is 6.61 Å². The van der Waals surface area contributed by atoms with E-state index in [0.29, 0.717) is 0 Å². The number of ether oxygens (including phenoxy) is 1. The molecule has 3 rings (SSSR count). The maximum atomic E-state index is 5.79. The molecule has 0 spiro atoms. The molecule has 1 heterocycles. The summed E-state index contributed by atoms with van der Waals surface area (Å²) in [4.78, 5) is 0. The maximum Gasteiger partial charge on any atom is 0.122 e. The van der Waals surface area contributed by atoms with Gasteiger partial charge in [0.1, 0.15) is 5.75 Å². The van der Waals surface area contributed by atoms with Crippen LogP contribution in [0.3, 0.4) is 0 Å². The predicted molar refractivity (Wildman–Crippen MR) is 56.6 cm³/mol. The normalized spacial score (nSPS) is 30.0. The molecule has 0 N–H and O–H groups in total. The molecule has 2 atom stereocenters. The zero-order chi connectivity index (χ0) is 9.38. The van der Waals surface area contributed by atoms with Gasteiger partial charge in [-0.3, -0.25) is 0 Å². The Kier molecular flexibility index (Phi) is 1.97. The average molecular weight is 188 g/mol. The Morgan fingerprint density at radius 1 is 1.07 bits per heavy atom. The Hall–Kier alpha value is -0.980. The fourth-order valence-electron chi connectivity index (χ4n) is 2.93. The number of hydrogen-bond acceptors (Lipinski definition) is 1. The van der Waals surface area contributed by atoms with E-state index in [4.69, 9.17) is 4.74 Å². The lowest BCUT2D eigenvalue weighted by atomic mass is 9.74. The smallest absolute Gasteiger partial charge is 0.122 e. The molecule has 2 unspecified atom stereocenters. The molecule has 1 aromatic carbocycles. The van der Waals surface area contributed by atoms with Crippen molar-refractivity contribution in [1.82, 2.24) is 0 Å². The third-order valence-electron chi connectivity index (χ3n) is 3.68. The van der Waals surface area contributed by atoms with Gasteiger partial charge in [-0.25, -0.2) is 0 Å². The van der Waals surface area contributed by atoms with Gasteiger partial charge in [-0.1, -0.05) is 31.0 Å². The van der Waals surface area contributed by atoms with Crippen LogP contribution in [0.2, 0.25) is 0 Å². The first kappa shape index (κ1) is 8.34. The Balaban J connectivity index is 1.99. The highest BCUT2D eigenvalue weighted by Gasteiger charge is 2.32. The molecule has 1 aromatic rings. The molecule has 1 aliphatic heterocycles. The third kappa shape index (κ3) is 1.23. The molecule has 0 aromatic heterocycles. The third-order valence-corrected chi connectivity index (χ3v) is 3.68. The first-order valence-corrected chi connectivity index (χ1v) is 5.67. The van der Waals surface area contributed by atoms with Crippen LogP contribution in [0.1, 0.15) is 37.2 Å².